The molecular formula is C22H28N4O2. The molecular weight excluding hydrogens is 352 g/mol. The van der Waals surface area contributed by atoms with E-state index in [1.807, 2.05) is 42.5 Å². The minimum Gasteiger partial charge on any atom is -0.372 e. The van der Waals surface area contributed by atoms with Gasteiger partial charge in [-0.2, -0.15) is 0 Å². The van der Waals surface area contributed by atoms with Gasteiger partial charge in [0.25, 0.3) is 0 Å². The molecule has 2 amide bonds. The van der Waals surface area contributed by atoms with Crippen LogP contribution in [0.25, 0.3) is 0 Å². The first-order valence-corrected chi connectivity index (χ1v) is 9.81. The molecule has 0 spiro atoms. The van der Waals surface area contributed by atoms with Crippen molar-refractivity contribution < 1.29 is 9.59 Å². The fraction of sp³-hybridized carbons (Fsp3) is 0.409. The average Bonchev–Trinajstić information content (AvgIpc) is 2.73. The summed E-state index contributed by atoms with van der Waals surface area (Å²) in [5.74, 6) is -0.669. The first-order valence-electron chi connectivity index (χ1n) is 9.81. The first-order chi connectivity index (χ1) is 13.5. The predicted molar refractivity (Wildman–Crippen MR) is 111 cm³/mol. The van der Waals surface area contributed by atoms with Crippen LogP contribution in [0.2, 0.25) is 0 Å². The number of amides is 2. The number of nitrogens with zero attached hydrogens (tertiary/aromatic N) is 2. The zero-order valence-corrected chi connectivity index (χ0v) is 16.6. The quantitative estimate of drug-likeness (QED) is 0.754. The smallest absolute Gasteiger partial charge is 0.239 e. The molecule has 1 aromatic carbocycles. The molecule has 148 valence electrons. The molecule has 0 radical (unpaired) electrons. The van der Waals surface area contributed by atoms with Crippen LogP contribution >= 0.6 is 0 Å². The number of pyridine rings is 1. The number of nitrogens with one attached hydrogen (secondary N) is 2. The van der Waals surface area contributed by atoms with Gasteiger partial charge in [0.2, 0.25) is 11.8 Å². The van der Waals surface area contributed by atoms with E-state index in [2.05, 4.69) is 20.5 Å². The maximum absolute atomic E-state index is 12.7. The number of hydrogen-bond donors (Lipinski definition) is 2. The Hall–Kier alpha value is -2.89. The Morgan fingerprint density at radius 2 is 1.71 bits per heavy atom. The third-order valence-corrected chi connectivity index (χ3v) is 5.14. The minimum atomic E-state index is -1.19. The number of anilines is 2. The number of aromatic nitrogens is 1. The van der Waals surface area contributed by atoms with E-state index >= 15 is 0 Å². The van der Waals surface area contributed by atoms with Gasteiger partial charge in [-0.25, -0.2) is 0 Å². The molecule has 1 aliphatic heterocycles. The van der Waals surface area contributed by atoms with Gasteiger partial charge >= 0.3 is 0 Å². The highest BCUT2D eigenvalue weighted by Crippen LogP contribution is 2.24. The van der Waals surface area contributed by atoms with Gasteiger partial charge in [-0.3, -0.25) is 14.6 Å². The van der Waals surface area contributed by atoms with Crippen LogP contribution in [0.4, 0.5) is 11.4 Å². The molecule has 0 saturated carbocycles. The van der Waals surface area contributed by atoms with Crippen molar-refractivity contribution in [3.05, 3.63) is 54.4 Å². The van der Waals surface area contributed by atoms with E-state index in [1.165, 1.54) is 24.9 Å². The van der Waals surface area contributed by atoms with Gasteiger partial charge in [0.15, 0.2) is 0 Å². The van der Waals surface area contributed by atoms with Crippen molar-refractivity contribution in [3.8, 4) is 0 Å². The third-order valence-electron chi connectivity index (χ3n) is 5.14. The molecule has 6 heteroatoms. The average molecular weight is 380 g/mol. The number of piperidine rings is 1. The number of benzene rings is 1. The first kappa shape index (κ1) is 19.9. The molecule has 2 aromatic rings. The van der Waals surface area contributed by atoms with Crippen molar-refractivity contribution in [1.82, 2.24) is 10.3 Å². The monoisotopic (exact) mass is 380 g/mol. The summed E-state index contributed by atoms with van der Waals surface area (Å²) in [6.45, 7) is 5.70. The molecule has 1 fully saturated rings. The molecule has 0 unspecified atom stereocenters. The standard InChI is InChI=1S/C22H28N4O2/c1-22(2,20(27)24-16-18-8-4-5-13-23-18)21(28)25-17-9-11-19(12-10-17)26-14-6-3-7-15-26/h4-5,8-13H,3,6-7,14-16H2,1-2H3,(H,24,27)(H,25,28). The van der Waals surface area contributed by atoms with E-state index in [-0.39, 0.29) is 11.8 Å². The Balaban J connectivity index is 1.56. The molecule has 0 atom stereocenters. The number of hydrogen-bond acceptors (Lipinski definition) is 4. The van der Waals surface area contributed by atoms with E-state index in [0.29, 0.717) is 12.2 Å². The molecule has 1 aliphatic rings. The predicted octanol–water partition coefficient (Wildman–Crippen LogP) is 3.35. The second kappa shape index (κ2) is 8.87. The summed E-state index contributed by atoms with van der Waals surface area (Å²) < 4.78 is 0. The highest BCUT2D eigenvalue weighted by atomic mass is 16.2. The lowest BCUT2D eigenvalue weighted by Crippen LogP contribution is -2.45. The third kappa shape index (κ3) is 4.88. The van der Waals surface area contributed by atoms with Gasteiger partial charge in [-0.05, 0) is 69.5 Å². The van der Waals surface area contributed by atoms with Crippen molar-refractivity contribution in [2.45, 2.75) is 39.7 Å². The molecule has 0 aliphatic carbocycles. The summed E-state index contributed by atoms with van der Waals surface area (Å²) in [5, 5.41) is 5.65. The van der Waals surface area contributed by atoms with Crippen molar-refractivity contribution in [2.24, 2.45) is 5.41 Å². The minimum absolute atomic E-state index is 0.293. The second-order valence-corrected chi connectivity index (χ2v) is 7.68. The molecule has 2 N–H and O–H groups in total. The fourth-order valence-electron chi connectivity index (χ4n) is 3.19. The summed E-state index contributed by atoms with van der Waals surface area (Å²) in [6, 6.07) is 13.3. The van der Waals surface area contributed by atoms with E-state index in [4.69, 9.17) is 0 Å². The largest absolute Gasteiger partial charge is 0.372 e. The molecule has 28 heavy (non-hydrogen) atoms. The van der Waals surface area contributed by atoms with E-state index in [0.717, 1.165) is 18.8 Å². The Kier molecular flexibility index (Phi) is 6.29. The summed E-state index contributed by atoms with van der Waals surface area (Å²) in [6.07, 6.45) is 5.41. The molecule has 0 bridgehead atoms. The Bertz CT molecular complexity index is 797. The molecule has 2 heterocycles. The van der Waals surface area contributed by atoms with Crippen LogP contribution in [-0.4, -0.2) is 29.9 Å². The summed E-state index contributed by atoms with van der Waals surface area (Å²) in [7, 11) is 0. The van der Waals surface area contributed by atoms with Gasteiger partial charge in [0, 0.05) is 30.7 Å². The van der Waals surface area contributed by atoms with E-state index in [1.54, 1.807) is 20.0 Å². The normalized spacial score (nSPS) is 14.4. The zero-order chi connectivity index (χ0) is 20.0. The lowest BCUT2D eigenvalue weighted by atomic mass is 9.91. The lowest BCUT2D eigenvalue weighted by molar-refractivity contribution is -0.138. The Morgan fingerprint density at radius 1 is 1.00 bits per heavy atom. The van der Waals surface area contributed by atoms with E-state index < -0.39 is 5.41 Å². The molecule has 1 aromatic heterocycles. The molecule has 6 nitrogen and oxygen atoms in total. The highest BCUT2D eigenvalue weighted by molar-refractivity contribution is 6.09. The number of carbonyl (C=O) groups excluding carboxylic acids is 2. The zero-order valence-electron chi connectivity index (χ0n) is 16.6. The number of rotatable bonds is 6. The SMILES string of the molecule is CC(C)(C(=O)NCc1ccccn1)C(=O)Nc1ccc(N2CCCCC2)cc1. The van der Waals surface area contributed by atoms with Crippen LogP contribution in [0.15, 0.2) is 48.7 Å². The Labute approximate surface area is 166 Å². The lowest BCUT2D eigenvalue weighted by Gasteiger charge is -2.29. The maximum Gasteiger partial charge on any atom is 0.239 e. The van der Waals surface area contributed by atoms with Crippen molar-refractivity contribution in [1.29, 1.82) is 0 Å². The maximum atomic E-state index is 12.7. The highest BCUT2D eigenvalue weighted by Gasteiger charge is 2.36. The van der Waals surface area contributed by atoms with Crippen LogP contribution in [0.1, 0.15) is 38.8 Å². The van der Waals surface area contributed by atoms with Gasteiger partial charge in [-0.15, -0.1) is 0 Å². The van der Waals surface area contributed by atoms with Crippen LogP contribution in [0.5, 0.6) is 0 Å². The van der Waals surface area contributed by atoms with E-state index in [9.17, 15) is 9.59 Å². The van der Waals surface area contributed by atoms with Crippen LogP contribution in [0.3, 0.4) is 0 Å². The fourth-order valence-corrected chi connectivity index (χ4v) is 3.19. The topological polar surface area (TPSA) is 74.3 Å². The van der Waals surface area contributed by atoms with Crippen molar-refractivity contribution in [3.63, 3.8) is 0 Å². The van der Waals surface area contributed by atoms with Crippen molar-refractivity contribution in [2.75, 3.05) is 23.3 Å². The van der Waals surface area contributed by atoms with Crippen molar-refractivity contribution >= 4 is 23.2 Å². The van der Waals surface area contributed by atoms with Gasteiger partial charge in [-0.1, -0.05) is 6.07 Å². The second-order valence-electron chi connectivity index (χ2n) is 7.68. The Morgan fingerprint density at radius 3 is 2.36 bits per heavy atom. The van der Waals surface area contributed by atoms with Gasteiger partial charge < -0.3 is 15.5 Å². The van der Waals surface area contributed by atoms with Crippen LogP contribution in [0, 0.1) is 5.41 Å². The summed E-state index contributed by atoms with van der Waals surface area (Å²) >= 11 is 0. The molecule has 1 saturated heterocycles. The number of carbonyl (C=O) groups is 2. The van der Waals surface area contributed by atoms with Crippen LogP contribution < -0.4 is 15.5 Å². The molecule has 3 rings (SSSR count). The van der Waals surface area contributed by atoms with Crippen LogP contribution in [-0.2, 0) is 16.1 Å². The summed E-state index contributed by atoms with van der Waals surface area (Å²) in [5.41, 5.74) is 1.42. The van der Waals surface area contributed by atoms with Gasteiger partial charge in [0.05, 0.1) is 12.2 Å². The summed E-state index contributed by atoms with van der Waals surface area (Å²) in [4.78, 5) is 31.7. The van der Waals surface area contributed by atoms with Gasteiger partial charge in [0.1, 0.15) is 5.41 Å².